The van der Waals surface area contributed by atoms with Gasteiger partial charge in [-0.15, -0.1) is 0 Å². The molecule has 0 radical (unpaired) electrons. The Morgan fingerprint density at radius 2 is 2.23 bits per heavy atom. The van der Waals surface area contributed by atoms with Crippen LogP contribution in [0.2, 0.25) is 0 Å². The molecule has 0 saturated heterocycles. The summed E-state index contributed by atoms with van der Waals surface area (Å²) in [5, 5.41) is 7.80. The summed E-state index contributed by atoms with van der Waals surface area (Å²) in [6.07, 6.45) is 6.29. The molecule has 13 heavy (non-hydrogen) atoms. The minimum absolute atomic E-state index is 0.459. The molecule has 0 fully saturated rings. The predicted molar refractivity (Wildman–Crippen MR) is 57.4 cm³/mol. The van der Waals surface area contributed by atoms with Gasteiger partial charge in [0.25, 0.3) is 0 Å². The van der Waals surface area contributed by atoms with Gasteiger partial charge in [-0.3, -0.25) is 0 Å². The number of hydrogen-bond donors (Lipinski definition) is 1. The van der Waals surface area contributed by atoms with Gasteiger partial charge in [0.1, 0.15) is 0 Å². The average molecular weight is 180 g/mol. The number of hydrogen-bond acceptors (Lipinski definition) is 2. The van der Waals surface area contributed by atoms with Crippen LogP contribution in [0.4, 0.5) is 0 Å². The molecule has 2 nitrogen and oxygen atoms in total. The Morgan fingerprint density at radius 3 is 2.62 bits per heavy atom. The summed E-state index contributed by atoms with van der Waals surface area (Å²) < 4.78 is 0. The second kappa shape index (κ2) is 4.56. The third-order valence-electron chi connectivity index (χ3n) is 2.82. The van der Waals surface area contributed by atoms with E-state index in [0.29, 0.717) is 12.0 Å². The number of nitrogens with zero attached hydrogens (tertiary/aromatic N) is 1. The molecule has 0 aromatic carbocycles. The molecule has 0 amide bonds. The van der Waals surface area contributed by atoms with Crippen LogP contribution >= 0.6 is 0 Å². The fourth-order valence-corrected chi connectivity index (χ4v) is 1.27. The SMILES string of the molecule is CC(C)N(C)CCC(=N)C1C=CC1. The third-order valence-corrected chi connectivity index (χ3v) is 2.82. The van der Waals surface area contributed by atoms with Gasteiger partial charge in [0.05, 0.1) is 0 Å². The first-order valence-electron chi connectivity index (χ1n) is 5.05. The van der Waals surface area contributed by atoms with E-state index in [1.165, 1.54) is 0 Å². The highest BCUT2D eigenvalue weighted by molar-refractivity contribution is 5.86. The van der Waals surface area contributed by atoms with Crippen LogP contribution in [-0.2, 0) is 0 Å². The van der Waals surface area contributed by atoms with Crippen molar-refractivity contribution in [1.29, 1.82) is 5.41 Å². The Bertz CT molecular complexity index is 206. The number of nitrogens with one attached hydrogen (secondary N) is 1. The lowest BCUT2D eigenvalue weighted by molar-refractivity contribution is 0.281. The molecular formula is C11H20N2. The molecule has 1 aliphatic rings. The minimum atomic E-state index is 0.459. The molecule has 1 atom stereocenters. The van der Waals surface area contributed by atoms with Gasteiger partial charge < -0.3 is 10.3 Å². The fraction of sp³-hybridized carbons (Fsp3) is 0.727. The monoisotopic (exact) mass is 180 g/mol. The standard InChI is InChI=1S/C11H20N2/c1-9(2)13(3)8-7-11(12)10-5-4-6-10/h4-5,9-10,12H,6-8H2,1-3H3. The van der Waals surface area contributed by atoms with Crippen LogP contribution in [0.1, 0.15) is 26.7 Å². The highest BCUT2D eigenvalue weighted by Crippen LogP contribution is 2.19. The molecule has 0 saturated carbocycles. The Balaban J connectivity index is 2.18. The summed E-state index contributed by atoms with van der Waals surface area (Å²) in [4.78, 5) is 2.29. The summed E-state index contributed by atoms with van der Waals surface area (Å²) in [6, 6.07) is 0.588. The summed E-state index contributed by atoms with van der Waals surface area (Å²) in [7, 11) is 2.12. The smallest absolute Gasteiger partial charge is 0.0180 e. The van der Waals surface area contributed by atoms with Gasteiger partial charge in [-0.2, -0.15) is 0 Å². The highest BCUT2D eigenvalue weighted by atomic mass is 15.1. The molecule has 0 aromatic heterocycles. The quantitative estimate of drug-likeness (QED) is 0.510. The Hall–Kier alpha value is -0.630. The molecule has 1 aliphatic carbocycles. The zero-order valence-electron chi connectivity index (χ0n) is 8.88. The molecule has 0 aromatic rings. The van der Waals surface area contributed by atoms with Crippen molar-refractivity contribution in [3.63, 3.8) is 0 Å². The molecule has 0 aliphatic heterocycles. The first-order valence-corrected chi connectivity index (χ1v) is 5.05. The van der Waals surface area contributed by atoms with Crippen LogP contribution < -0.4 is 0 Å². The van der Waals surface area contributed by atoms with Crippen molar-refractivity contribution in [1.82, 2.24) is 4.90 Å². The van der Waals surface area contributed by atoms with Gasteiger partial charge in [-0.1, -0.05) is 12.2 Å². The largest absolute Gasteiger partial charge is 0.309 e. The maximum absolute atomic E-state index is 7.80. The van der Waals surface area contributed by atoms with Gasteiger partial charge in [0.2, 0.25) is 0 Å². The van der Waals surface area contributed by atoms with Gasteiger partial charge >= 0.3 is 0 Å². The van der Waals surface area contributed by atoms with Crippen molar-refractivity contribution in [2.24, 2.45) is 5.92 Å². The van der Waals surface area contributed by atoms with E-state index in [4.69, 9.17) is 5.41 Å². The minimum Gasteiger partial charge on any atom is -0.309 e. The van der Waals surface area contributed by atoms with Crippen molar-refractivity contribution in [3.05, 3.63) is 12.2 Å². The average Bonchev–Trinajstić information content (AvgIpc) is 1.96. The van der Waals surface area contributed by atoms with E-state index in [2.05, 4.69) is 37.9 Å². The van der Waals surface area contributed by atoms with E-state index in [9.17, 15) is 0 Å². The molecule has 1 N–H and O–H groups in total. The molecule has 74 valence electrons. The van der Waals surface area contributed by atoms with Gasteiger partial charge in [-0.25, -0.2) is 0 Å². The highest BCUT2D eigenvalue weighted by Gasteiger charge is 2.16. The molecule has 1 unspecified atom stereocenters. The van der Waals surface area contributed by atoms with Crippen molar-refractivity contribution in [3.8, 4) is 0 Å². The maximum atomic E-state index is 7.80. The second-order valence-electron chi connectivity index (χ2n) is 4.12. The van der Waals surface area contributed by atoms with Crippen molar-refractivity contribution in [2.75, 3.05) is 13.6 Å². The van der Waals surface area contributed by atoms with E-state index in [1.807, 2.05) is 0 Å². The first kappa shape index (κ1) is 10.5. The van der Waals surface area contributed by atoms with Crippen molar-refractivity contribution >= 4 is 5.71 Å². The summed E-state index contributed by atoms with van der Waals surface area (Å²) in [6.45, 7) is 5.39. The summed E-state index contributed by atoms with van der Waals surface area (Å²) >= 11 is 0. The lowest BCUT2D eigenvalue weighted by Crippen LogP contribution is -2.30. The normalized spacial score (nSPS) is 20.8. The van der Waals surface area contributed by atoms with Crippen LogP contribution in [0.5, 0.6) is 0 Å². The lowest BCUT2D eigenvalue weighted by Gasteiger charge is -2.24. The van der Waals surface area contributed by atoms with Crippen molar-refractivity contribution in [2.45, 2.75) is 32.7 Å². The molecule has 1 rings (SSSR count). The third kappa shape index (κ3) is 2.96. The predicted octanol–water partition coefficient (Wildman–Crippen LogP) is 2.31. The Kier molecular flexibility index (Phi) is 3.67. The fourth-order valence-electron chi connectivity index (χ4n) is 1.27. The van der Waals surface area contributed by atoms with Crippen LogP contribution in [0.15, 0.2) is 12.2 Å². The molecule has 0 spiro atoms. The Morgan fingerprint density at radius 1 is 1.62 bits per heavy atom. The van der Waals surface area contributed by atoms with Crippen LogP contribution in [0.25, 0.3) is 0 Å². The van der Waals surface area contributed by atoms with Gasteiger partial charge in [0.15, 0.2) is 0 Å². The van der Waals surface area contributed by atoms with E-state index < -0.39 is 0 Å². The Labute approximate surface area is 81.1 Å². The molecular weight excluding hydrogens is 160 g/mol. The summed E-state index contributed by atoms with van der Waals surface area (Å²) in [5.74, 6) is 0.459. The number of rotatable bonds is 5. The van der Waals surface area contributed by atoms with Crippen LogP contribution in [0.3, 0.4) is 0 Å². The van der Waals surface area contributed by atoms with E-state index in [-0.39, 0.29) is 0 Å². The first-order chi connectivity index (χ1) is 6.11. The molecule has 0 heterocycles. The topological polar surface area (TPSA) is 27.1 Å². The van der Waals surface area contributed by atoms with E-state index in [1.54, 1.807) is 0 Å². The lowest BCUT2D eigenvalue weighted by atomic mass is 9.89. The summed E-state index contributed by atoms with van der Waals surface area (Å²) in [5.41, 5.74) is 0.898. The van der Waals surface area contributed by atoms with E-state index in [0.717, 1.165) is 25.1 Å². The molecule has 0 bridgehead atoms. The maximum Gasteiger partial charge on any atom is 0.0180 e. The zero-order valence-corrected chi connectivity index (χ0v) is 8.88. The second-order valence-corrected chi connectivity index (χ2v) is 4.12. The van der Waals surface area contributed by atoms with Gasteiger partial charge in [0, 0.05) is 24.2 Å². The van der Waals surface area contributed by atoms with Crippen molar-refractivity contribution < 1.29 is 0 Å². The van der Waals surface area contributed by atoms with Gasteiger partial charge in [-0.05, 0) is 33.7 Å². The van der Waals surface area contributed by atoms with Crippen LogP contribution in [-0.4, -0.2) is 30.2 Å². The van der Waals surface area contributed by atoms with E-state index >= 15 is 0 Å². The number of allylic oxidation sites excluding steroid dienone is 2. The molecule has 2 heteroatoms. The zero-order chi connectivity index (χ0) is 9.84. The van der Waals surface area contributed by atoms with Crippen LogP contribution in [0, 0.1) is 11.3 Å².